The van der Waals surface area contributed by atoms with Crippen LogP contribution in [0.4, 0.5) is 0 Å². The third-order valence-corrected chi connectivity index (χ3v) is 0.135. The molecule has 0 amide bonds. The molecule has 11 heteroatoms. The topological polar surface area (TPSA) is 173 Å². The van der Waals surface area contributed by atoms with Crippen LogP contribution in [0.2, 0.25) is 0 Å². The van der Waals surface area contributed by atoms with E-state index in [1.807, 2.05) is 0 Å². The highest BCUT2D eigenvalue weighted by Gasteiger charge is 1.93. The van der Waals surface area contributed by atoms with Gasteiger partial charge in [0.05, 0.1) is 0 Å². The van der Waals surface area contributed by atoms with Gasteiger partial charge in [0, 0.05) is 9.13 Å². The molecule has 0 aromatic carbocycles. The molecule has 9 nitrogen and oxygen atoms in total. The molecule has 0 saturated heterocycles. The molecule has 0 aromatic rings. The Morgan fingerprint density at radius 1 is 1.00 bits per heavy atom. The second kappa shape index (κ2) is 14.0. The van der Waals surface area contributed by atoms with Crippen LogP contribution in [0.1, 0.15) is 0 Å². The van der Waals surface area contributed by atoms with Crippen LogP contribution < -0.4 is 0 Å². The second-order valence-corrected chi connectivity index (χ2v) is 2.07. The second-order valence-electron chi connectivity index (χ2n) is 1.06. The van der Waals surface area contributed by atoms with Gasteiger partial charge in [0.1, 0.15) is 6.61 Å². The van der Waals surface area contributed by atoms with Crippen molar-refractivity contribution in [2.75, 3.05) is 6.61 Å². The minimum atomic E-state index is -2.87. The van der Waals surface area contributed by atoms with Gasteiger partial charge in [-0.3, -0.25) is 0 Å². The molecule has 0 aliphatic heterocycles. The van der Waals surface area contributed by atoms with Gasteiger partial charge in [-0.2, -0.15) is 0 Å². The van der Waals surface area contributed by atoms with E-state index < -0.39 is 29.1 Å². The van der Waals surface area contributed by atoms with Crippen molar-refractivity contribution in [3.8, 4) is 0 Å². The predicted molar refractivity (Wildman–Crippen MR) is 38.8 cm³/mol. The van der Waals surface area contributed by atoms with Crippen molar-refractivity contribution in [2.24, 2.45) is 0 Å². The smallest absolute Gasteiger partial charge is 0.480 e. The molecule has 0 rings (SSSR count). The van der Waals surface area contributed by atoms with Crippen molar-refractivity contribution in [2.45, 2.75) is 0 Å². The van der Waals surface area contributed by atoms with Crippen LogP contribution in [0, 0.1) is 0 Å². The van der Waals surface area contributed by atoms with E-state index in [-0.39, 0.29) is 0 Å². The average Bonchev–Trinajstić information content (AvgIpc) is 1.84. The molecule has 6 N–H and O–H groups in total. The van der Waals surface area contributed by atoms with Crippen LogP contribution in [-0.4, -0.2) is 42.4 Å². The molecule has 0 spiro atoms. The van der Waals surface area contributed by atoms with Gasteiger partial charge < -0.3 is 10.2 Å². The molecule has 0 aromatic heterocycles. The van der Waals surface area contributed by atoms with Gasteiger partial charge in [-0.1, -0.05) is 0 Å². The van der Waals surface area contributed by atoms with Crippen LogP contribution in [0.25, 0.3) is 0 Å². The maximum Gasteiger partial charge on any atom is 0.692 e. The lowest BCUT2D eigenvalue weighted by molar-refractivity contribution is -0.140. The van der Waals surface area contributed by atoms with E-state index in [1.165, 1.54) is 0 Å². The van der Waals surface area contributed by atoms with Crippen LogP contribution >= 0.6 is 16.5 Å². The van der Waals surface area contributed by atoms with Crippen molar-refractivity contribution in [1.82, 2.24) is 0 Å². The maximum absolute atomic E-state index is 9.12. The van der Waals surface area contributed by atoms with Gasteiger partial charge in [0.15, 0.2) is 0 Å². The van der Waals surface area contributed by atoms with Gasteiger partial charge in [-0.25, -0.2) is 4.79 Å². The Hall–Kier alpha value is -0.530. The van der Waals surface area contributed by atoms with E-state index in [9.17, 15) is 0 Å². The summed E-state index contributed by atoms with van der Waals surface area (Å²) in [5, 5.41) is 15.0. The van der Waals surface area contributed by atoms with Crippen molar-refractivity contribution < 1.29 is 43.7 Å². The normalized spacial score (nSPS) is 6.85. The van der Waals surface area contributed by atoms with Crippen LogP contribution in [0.15, 0.2) is 0 Å². The Morgan fingerprint density at radius 3 is 1.08 bits per heavy atom. The number of aliphatic carboxylic acids is 1. The molecule has 0 unspecified atom stereocenters. The Morgan fingerprint density at radius 2 is 1.08 bits per heavy atom. The average molecular weight is 238 g/mol. The van der Waals surface area contributed by atoms with Crippen LogP contribution in [-0.2, 0) is 13.9 Å². The number of hydrogen-bond donors (Lipinski definition) is 6. The number of carboxylic acid groups (broad SMARTS) is 1. The zero-order valence-corrected chi connectivity index (χ0v) is 7.80. The van der Waals surface area contributed by atoms with Crippen molar-refractivity contribution in [1.29, 1.82) is 0 Å². The summed E-state index contributed by atoms with van der Waals surface area (Å²) in [5.41, 5.74) is 0. The molecule has 0 saturated carbocycles. The molecule has 0 atom stereocenters. The SMILES string of the molecule is O=C(O)CO.O=[P+](O)O.O=[P+](O)O. The maximum atomic E-state index is 9.12. The zero-order chi connectivity index (χ0) is 11.4. The summed E-state index contributed by atoms with van der Waals surface area (Å²) in [6.07, 6.45) is 0. The fraction of sp³-hybridized carbons (Fsp3) is 0.500. The number of aliphatic hydroxyl groups is 1. The lowest BCUT2D eigenvalue weighted by atomic mass is 10.8. The summed E-state index contributed by atoms with van der Waals surface area (Å²) in [6, 6.07) is 0. The summed E-state index contributed by atoms with van der Waals surface area (Å²) in [4.78, 5) is 37.6. The molecule has 0 fully saturated rings. The van der Waals surface area contributed by atoms with E-state index in [4.69, 9.17) is 43.7 Å². The Bertz CT molecular complexity index is 145. The van der Waals surface area contributed by atoms with Crippen LogP contribution in [0.5, 0.6) is 0 Å². The summed E-state index contributed by atoms with van der Waals surface area (Å²) >= 11 is 0. The third-order valence-electron chi connectivity index (χ3n) is 0.135. The van der Waals surface area contributed by atoms with Gasteiger partial charge in [0.25, 0.3) is 0 Å². The Balaban J connectivity index is -0.000000117. The molecule has 0 bridgehead atoms. The van der Waals surface area contributed by atoms with E-state index in [0.717, 1.165) is 0 Å². The summed E-state index contributed by atoms with van der Waals surface area (Å²) in [5.74, 6) is -1.19. The number of carbonyl (C=O) groups is 1. The lowest BCUT2D eigenvalue weighted by Crippen LogP contribution is -1.98. The summed E-state index contributed by atoms with van der Waals surface area (Å²) < 4.78 is 17.4. The first kappa shape index (κ1) is 18.3. The van der Waals surface area contributed by atoms with Crippen molar-refractivity contribution >= 4 is 22.5 Å². The highest BCUT2D eigenvalue weighted by molar-refractivity contribution is 7.31. The molecule has 0 aliphatic rings. The number of hydrogen-bond acceptors (Lipinski definition) is 4. The minimum Gasteiger partial charge on any atom is -0.480 e. The Kier molecular flexibility index (Phi) is 19.7. The van der Waals surface area contributed by atoms with E-state index in [2.05, 4.69) is 0 Å². The first-order valence-electron chi connectivity index (χ1n) is 2.26. The van der Waals surface area contributed by atoms with Gasteiger partial charge in [-0.15, -0.1) is 19.6 Å². The predicted octanol–water partition coefficient (Wildman–Crippen LogP) is -1.68. The standard InChI is InChI=1S/C2H4O3.2HO3P/c3-1-2(4)5;2*1-4(2)3/h3H,1H2,(H,4,5);2*(H-,1,2,3)/p+2. The van der Waals surface area contributed by atoms with Crippen molar-refractivity contribution in [3.63, 3.8) is 0 Å². The largest absolute Gasteiger partial charge is 0.692 e. The lowest BCUT2D eigenvalue weighted by Gasteiger charge is -1.72. The quantitative estimate of drug-likeness (QED) is 0.291. The number of aliphatic hydroxyl groups excluding tert-OH is 1. The fourth-order valence-corrected chi connectivity index (χ4v) is 0. The molecule has 0 aliphatic carbocycles. The first-order chi connectivity index (χ1) is 5.73. The summed E-state index contributed by atoms with van der Waals surface area (Å²) in [6.45, 7) is -0.778. The number of rotatable bonds is 1. The van der Waals surface area contributed by atoms with Crippen LogP contribution in [0.3, 0.4) is 0 Å². The van der Waals surface area contributed by atoms with E-state index >= 15 is 0 Å². The number of carboxylic acids is 1. The third kappa shape index (κ3) is 476. The molecular formula is C2H8O9P2+2. The minimum absolute atomic E-state index is 0.778. The molecule has 13 heavy (non-hydrogen) atoms. The van der Waals surface area contributed by atoms with E-state index in [1.54, 1.807) is 0 Å². The van der Waals surface area contributed by atoms with Crippen molar-refractivity contribution in [3.05, 3.63) is 0 Å². The first-order valence-corrected chi connectivity index (χ1v) is 4.59. The molecular weight excluding hydrogens is 230 g/mol. The molecule has 0 radical (unpaired) electrons. The highest BCUT2D eigenvalue weighted by Crippen LogP contribution is 1.98. The van der Waals surface area contributed by atoms with Gasteiger partial charge in [0.2, 0.25) is 0 Å². The molecule has 0 heterocycles. The van der Waals surface area contributed by atoms with Gasteiger partial charge >= 0.3 is 22.5 Å². The van der Waals surface area contributed by atoms with Gasteiger partial charge in [-0.05, 0) is 0 Å². The highest BCUT2D eigenvalue weighted by atomic mass is 31.1. The summed E-state index contributed by atoms with van der Waals surface area (Å²) in [7, 11) is -5.74. The monoisotopic (exact) mass is 238 g/mol. The fourth-order valence-electron chi connectivity index (χ4n) is 0. The molecule has 78 valence electrons. The van der Waals surface area contributed by atoms with E-state index in [0.29, 0.717) is 0 Å². The Labute approximate surface area is 73.8 Å². The zero-order valence-electron chi connectivity index (χ0n) is 6.01.